The molecular weight excluding hydrogens is 294 g/mol. The van der Waals surface area contributed by atoms with Gasteiger partial charge in [-0.15, -0.1) is 12.4 Å². The van der Waals surface area contributed by atoms with E-state index in [4.69, 9.17) is 5.73 Å². The van der Waals surface area contributed by atoms with E-state index in [1.807, 2.05) is 11.4 Å². The molecule has 1 fully saturated rings. The number of imidazole rings is 1. The molecule has 5 nitrogen and oxygen atoms in total. The lowest BCUT2D eigenvalue weighted by molar-refractivity contribution is 0.270. The Hall–Kier alpha value is -0.690. The van der Waals surface area contributed by atoms with Gasteiger partial charge in [0.25, 0.3) is 0 Å². The minimum Gasteiger partial charge on any atom is -0.330 e. The lowest BCUT2D eigenvalue weighted by atomic mass is 9.90. The maximum Gasteiger partial charge on any atom is 0.212 e. The van der Waals surface area contributed by atoms with E-state index in [-0.39, 0.29) is 17.8 Å². The molecule has 0 saturated carbocycles. The van der Waals surface area contributed by atoms with Crippen molar-refractivity contribution in [2.45, 2.75) is 33.7 Å². The van der Waals surface area contributed by atoms with Crippen LogP contribution in [0.15, 0.2) is 0 Å². The van der Waals surface area contributed by atoms with Crippen molar-refractivity contribution in [3.63, 3.8) is 0 Å². The highest BCUT2D eigenvalue weighted by molar-refractivity contribution is 7.16. The van der Waals surface area contributed by atoms with E-state index in [9.17, 15) is 0 Å². The number of halogens is 1. The molecule has 0 aliphatic carbocycles. The van der Waals surface area contributed by atoms with Crippen LogP contribution in [0.25, 0.3) is 4.96 Å². The van der Waals surface area contributed by atoms with Crippen LogP contribution in [0.5, 0.6) is 0 Å². The van der Waals surface area contributed by atoms with Crippen LogP contribution in [0, 0.1) is 19.3 Å². The van der Waals surface area contributed by atoms with Crippen molar-refractivity contribution in [1.29, 1.82) is 0 Å². The fourth-order valence-electron chi connectivity index (χ4n) is 2.81. The van der Waals surface area contributed by atoms with Crippen LogP contribution >= 0.6 is 23.7 Å². The van der Waals surface area contributed by atoms with Crippen molar-refractivity contribution in [2.24, 2.45) is 11.1 Å². The van der Waals surface area contributed by atoms with Gasteiger partial charge in [-0.1, -0.05) is 18.3 Å². The summed E-state index contributed by atoms with van der Waals surface area (Å²) in [7, 11) is 0. The first-order valence-corrected chi connectivity index (χ1v) is 7.56. The van der Waals surface area contributed by atoms with Crippen molar-refractivity contribution >= 4 is 28.7 Å². The normalized spacial score (nSPS) is 23.4. The minimum atomic E-state index is 0. The Labute approximate surface area is 129 Å². The maximum atomic E-state index is 5.87. The van der Waals surface area contributed by atoms with E-state index in [1.54, 1.807) is 11.3 Å². The molecule has 3 heterocycles. The zero-order valence-electron chi connectivity index (χ0n) is 12.2. The fourth-order valence-corrected chi connectivity index (χ4v) is 3.61. The quantitative estimate of drug-likeness (QED) is 0.941. The van der Waals surface area contributed by atoms with Crippen molar-refractivity contribution in [1.82, 2.24) is 19.5 Å². The number of aromatic nitrogens is 3. The Morgan fingerprint density at radius 2 is 2.15 bits per heavy atom. The number of nitrogens with zero attached hydrogens (tertiary/aromatic N) is 4. The van der Waals surface area contributed by atoms with Crippen LogP contribution in [0.3, 0.4) is 0 Å². The molecule has 1 unspecified atom stereocenters. The molecule has 1 saturated heterocycles. The van der Waals surface area contributed by atoms with Crippen LogP contribution in [0.2, 0.25) is 0 Å². The summed E-state index contributed by atoms with van der Waals surface area (Å²) in [5.74, 6) is 0. The second-order valence-corrected chi connectivity index (χ2v) is 7.09. The van der Waals surface area contributed by atoms with Gasteiger partial charge in [0.15, 0.2) is 0 Å². The van der Waals surface area contributed by atoms with Crippen molar-refractivity contribution in [2.75, 3.05) is 19.6 Å². The van der Waals surface area contributed by atoms with Gasteiger partial charge in [-0.05, 0) is 38.8 Å². The summed E-state index contributed by atoms with van der Waals surface area (Å²) in [5.41, 5.74) is 8.47. The molecule has 2 aromatic heterocycles. The predicted octanol–water partition coefficient (Wildman–Crippen LogP) is 2.00. The standard InChI is InChI=1S/C13H21N5S.ClH/c1-9-11(18-12(15-9)19-10(2)16-18)6-17-5-4-13(3,7-14)8-17;/h4-8,14H2,1-3H3;1H. The highest BCUT2D eigenvalue weighted by Crippen LogP contribution is 2.30. The van der Waals surface area contributed by atoms with Crippen LogP contribution in [0.4, 0.5) is 0 Å². The summed E-state index contributed by atoms with van der Waals surface area (Å²) in [6.07, 6.45) is 1.18. The van der Waals surface area contributed by atoms with Crippen molar-refractivity contribution in [3.8, 4) is 0 Å². The van der Waals surface area contributed by atoms with Gasteiger partial charge in [0.1, 0.15) is 5.01 Å². The number of nitrogens with two attached hydrogens (primary N) is 1. The number of hydrogen-bond acceptors (Lipinski definition) is 5. The molecule has 0 bridgehead atoms. The largest absolute Gasteiger partial charge is 0.330 e. The molecule has 7 heteroatoms. The molecule has 2 aromatic rings. The molecule has 2 N–H and O–H groups in total. The van der Waals surface area contributed by atoms with E-state index < -0.39 is 0 Å². The Kier molecular flexibility index (Phi) is 4.39. The van der Waals surface area contributed by atoms with Crippen LogP contribution in [0.1, 0.15) is 29.7 Å². The molecule has 1 aliphatic heterocycles. The first-order chi connectivity index (χ1) is 9.00. The zero-order valence-corrected chi connectivity index (χ0v) is 13.9. The SMILES string of the molecule is Cc1nn2c(CN3CCC(C)(CN)C3)c(C)nc2s1.Cl. The lowest BCUT2D eigenvalue weighted by Gasteiger charge is -2.22. The molecule has 20 heavy (non-hydrogen) atoms. The van der Waals surface area contributed by atoms with Gasteiger partial charge in [0, 0.05) is 13.1 Å². The molecule has 3 rings (SSSR count). The topological polar surface area (TPSA) is 59.5 Å². The van der Waals surface area contributed by atoms with Gasteiger partial charge < -0.3 is 5.73 Å². The Morgan fingerprint density at radius 3 is 2.80 bits per heavy atom. The molecule has 0 aromatic carbocycles. The van der Waals surface area contributed by atoms with Crippen LogP contribution in [-0.4, -0.2) is 39.1 Å². The second-order valence-electron chi connectivity index (χ2n) is 5.93. The van der Waals surface area contributed by atoms with Gasteiger partial charge in [0.2, 0.25) is 4.96 Å². The van der Waals surface area contributed by atoms with Gasteiger partial charge in [0.05, 0.1) is 11.4 Å². The smallest absolute Gasteiger partial charge is 0.212 e. The average molecular weight is 316 g/mol. The molecule has 112 valence electrons. The third-order valence-electron chi connectivity index (χ3n) is 4.10. The summed E-state index contributed by atoms with van der Waals surface area (Å²) < 4.78 is 2.01. The molecule has 0 spiro atoms. The van der Waals surface area contributed by atoms with Crippen LogP contribution in [-0.2, 0) is 6.54 Å². The number of hydrogen-bond donors (Lipinski definition) is 1. The summed E-state index contributed by atoms with van der Waals surface area (Å²) in [6, 6.07) is 0. The summed E-state index contributed by atoms with van der Waals surface area (Å²) >= 11 is 1.65. The Balaban J connectivity index is 0.00000147. The minimum absolute atomic E-state index is 0. The molecule has 1 aliphatic rings. The number of fused-ring (bicyclic) bond motifs is 1. The lowest BCUT2D eigenvalue weighted by Crippen LogP contribution is -2.31. The number of likely N-dealkylation sites (tertiary alicyclic amines) is 1. The molecular formula is C13H22ClN5S. The Morgan fingerprint density at radius 1 is 1.40 bits per heavy atom. The highest BCUT2D eigenvalue weighted by atomic mass is 35.5. The van der Waals surface area contributed by atoms with E-state index in [1.165, 1.54) is 12.1 Å². The number of aryl methyl sites for hydroxylation is 2. The van der Waals surface area contributed by atoms with Gasteiger partial charge in [-0.2, -0.15) is 5.10 Å². The van der Waals surface area contributed by atoms with E-state index in [2.05, 4.69) is 28.8 Å². The monoisotopic (exact) mass is 315 g/mol. The second kappa shape index (κ2) is 5.60. The number of rotatable bonds is 3. The van der Waals surface area contributed by atoms with E-state index >= 15 is 0 Å². The van der Waals surface area contributed by atoms with Crippen LogP contribution < -0.4 is 5.73 Å². The summed E-state index contributed by atoms with van der Waals surface area (Å²) in [6.45, 7) is 10.2. The van der Waals surface area contributed by atoms with Gasteiger partial charge >= 0.3 is 0 Å². The highest BCUT2D eigenvalue weighted by Gasteiger charge is 2.33. The van der Waals surface area contributed by atoms with Gasteiger partial charge in [-0.3, -0.25) is 4.90 Å². The predicted molar refractivity (Wildman–Crippen MR) is 84.6 cm³/mol. The summed E-state index contributed by atoms with van der Waals surface area (Å²) in [4.78, 5) is 8.08. The average Bonchev–Trinajstić information content (AvgIpc) is 2.97. The molecule has 0 radical (unpaired) electrons. The maximum absolute atomic E-state index is 5.87. The van der Waals surface area contributed by atoms with Crippen molar-refractivity contribution in [3.05, 3.63) is 16.4 Å². The molecule has 0 amide bonds. The molecule has 1 atom stereocenters. The summed E-state index contributed by atoms with van der Waals surface area (Å²) in [5, 5.41) is 5.62. The fraction of sp³-hybridized carbons (Fsp3) is 0.692. The first kappa shape index (κ1) is 15.7. The first-order valence-electron chi connectivity index (χ1n) is 6.75. The Bertz CT molecular complexity index is 607. The third-order valence-corrected chi connectivity index (χ3v) is 4.92. The van der Waals surface area contributed by atoms with E-state index in [0.717, 1.165) is 41.8 Å². The van der Waals surface area contributed by atoms with Gasteiger partial charge in [-0.25, -0.2) is 9.50 Å². The van der Waals surface area contributed by atoms with E-state index in [0.29, 0.717) is 0 Å². The zero-order chi connectivity index (χ0) is 13.6. The van der Waals surface area contributed by atoms with Crippen molar-refractivity contribution < 1.29 is 0 Å². The third kappa shape index (κ3) is 2.70.